The first-order valence-corrected chi connectivity index (χ1v) is 12.3. The van der Waals surface area contributed by atoms with Gasteiger partial charge in [0.1, 0.15) is 0 Å². The van der Waals surface area contributed by atoms with Crippen LogP contribution in [0.15, 0.2) is 53.4 Å². The summed E-state index contributed by atoms with van der Waals surface area (Å²) in [4.78, 5) is 12.7. The predicted molar refractivity (Wildman–Crippen MR) is 120 cm³/mol. The van der Waals surface area contributed by atoms with E-state index in [1.54, 1.807) is 24.3 Å². The summed E-state index contributed by atoms with van der Waals surface area (Å²) >= 11 is 5.89. The molecule has 1 aliphatic carbocycles. The Morgan fingerprint density at radius 1 is 1.00 bits per heavy atom. The Morgan fingerprint density at radius 2 is 1.63 bits per heavy atom. The van der Waals surface area contributed by atoms with Gasteiger partial charge in [-0.05, 0) is 74.8 Å². The summed E-state index contributed by atoms with van der Waals surface area (Å²) in [6.45, 7) is 2.95. The molecule has 0 aliphatic heterocycles. The van der Waals surface area contributed by atoms with Crippen LogP contribution in [0.1, 0.15) is 36.8 Å². The monoisotopic (exact) mass is 448 g/mol. The minimum absolute atomic E-state index is 0.0140. The smallest absolute Gasteiger partial charge is 0.240 e. The number of halogens is 1. The molecule has 1 saturated carbocycles. The lowest BCUT2D eigenvalue weighted by atomic mass is 9.81. The second kappa shape index (κ2) is 10.4. The Labute approximate surface area is 184 Å². The van der Waals surface area contributed by atoms with Gasteiger partial charge in [0.2, 0.25) is 15.9 Å². The molecule has 0 atom stereocenters. The molecule has 3 rings (SSSR count). The maximum atomic E-state index is 12.4. The summed E-state index contributed by atoms with van der Waals surface area (Å²) in [6, 6.07) is 14.5. The largest absolute Gasteiger partial charge is 0.356 e. The Morgan fingerprint density at radius 3 is 2.27 bits per heavy atom. The molecule has 1 amide bonds. The van der Waals surface area contributed by atoms with Gasteiger partial charge in [0, 0.05) is 24.0 Å². The van der Waals surface area contributed by atoms with Crippen molar-refractivity contribution in [2.24, 2.45) is 11.8 Å². The summed E-state index contributed by atoms with van der Waals surface area (Å²) < 4.78 is 27.6. The minimum Gasteiger partial charge on any atom is -0.356 e. The summed E-state index contributed by atoms with van der Waals surface area (Å²) in [6.07, 6.45) is 4.07. The highest BCUT2D eigenvalue weighted by molar-refractivity contribution is 7.89. The molecule has 0 spiro atoms. The van der Waals surface area contributed by atoms with Gasteiger partial charge < -0.3 is 5.32 Å². The van der Waals surface area contributed by atoms with E-state index in [1.807, 2.05) is 31.2 Å². The molecule has 0 saturated heterocycles. The Hall–Kier alpha value is -1.89. The van der Waals surface area contributed by atoms with Gasteiger partial charge in [-0.15, -0.1) is 0 Å². The van der Waals surface area contributed by atoms with Gasteiger partial charge in [0.05, 0.1) is 4.90 Å². The normalized spacial score (nSPS) is 19.4. The van der Waals surface area contributed by atoms with Gasteiger partial charge in [-0.25, -0.2) is 13.1 Å². The fraction of sp³-hybridized carbons (Fsp3) is 0.435. The van der Waals surface area contributed by atoms with E-state index in [1.165, 1.54) is 0 Å². The van der Waals surface area contributed by atoms with Crippen LogP contribution < -0.4 is 10.0 Å². The average molecular weight is 449 g/mol. The topological polar surface area (TPSA) is 75.3 Å². The number of carbonyl (C=O) groups excluding carboxylic acids is 1. The van der Waals surface area contributed by atoms with Crippen LogP contribution in [0.5, 0.6) is 0 Å². The molecule has 5 nitrogen and oxygen atoms in total. The molecule has 2 aromatic carbocycles. The van der Waals surface area contributed by atoms with Crippen molar-refractivity contribution in [3.8, 4) is 0 Å². The van der Waals surface area contributed by atoms with Crippen LogP contribution in [0.2, 0.25) is 5.02 Å². The number of carbonyl (C=O) groups is 1. The highest BCUT2D eigenvalue weighted by atomic mass is 35.5. The Balaban J connectivity index is 1.38. The molecular formula is C23H29ClN2O3S. The van der Waals surface area contributed by atoms with Gasteiger partial charge in [-0.3, -0.25) is 4.79 Å². The summed E-state index contributed by atoms with van der Waals surface area (Å²) in [5, 5.41) is 3.74. The van der Waals surface area contributed by atoms with Gasteiger partial charge in [-0.1, -0.05) is 41.4 Å². The maximum Gasteiger partial charge on any atom is 0.240 e. The maximum absolute atomic E-state index is 12.4. The van der Waals surface area contributed by atoms with Crippen LogP contribution in [0, 0.1) is 18.8 Å². The molecule has 0 heterocycles. The van der Waals surface area contributed by atoms with E-state index >= 15 is 0 Å². The SMILES string of the molecule is Cc1ccc(S(=O)(=O)NCC2CCC(C(=O)NCCc3ccc(Cl)cc3)CC2)cc1. The standard InChI is InChI=1S/C23H29ClN2O3S/c1-17-2-12-22(13-3-17)30(28,29)26-16-19-4-8-20(9-5-19)23(27)25-15-14-18-6-10-21(24)11-7-18/h2-3,6-7,10-13,19-20,26H,4-5,8-9,14-16H2,1H3,(H,25,27). The first kappa shape index (κ1) is 22.8. The summed E-state index contributed by atoms with van der Waals surface area (Å²) in [5.74, 6) is 0.381. The summed E-state index contributed by atoms with van der Waals surface area (Å²) in [7, 11) is -3.48. The molecule has 30 heavy (non-hydrogen) atoms. The number of benzene rings is 2. The molecule has 2 N–H and O–H groups in total. The molecule has 2 aromatic rings. The van der Waals surface area contributed by atoms with Crippen LogP contribution in [-0.4, -0.2) is 27.4 Å². The molecule has 0 aromatic heterocycles. The number of nitrogens with one attached hydrogen (secondary N) is 2. The third-order valence-corrected chi connectivity index (χ3v) is 7.43. The van der Waals surface area contributed by atoms with Crippen LogP contribution in [0.25, 0.3) is 0 Å². The zero-order valence-electron chi connectivity index (χ0n) is 17.2. The van der Waals surface area contributed by atoms with Gasteiger partial charge in [0.25, 0.3) is 0 Å². The highest BCUT2D eigenvalue weighted by Gasteiger charge is 2.27. The minimum atomic E-state index is -3.48. The fourth-order valence-corrected chi connectivity index (χ4v) is 5.02. The van der Waals surface area contributed by atoms with Crippen molar-refractivity contribution in [1.29, 1.82) is 0 Å². The Kier molecular flexibility index (Phi) is 7.92. The average Bonchev–Trinajstić information content (AvgIpc) is 2.74. The second-order valence-corrected chi connectivity index (χ2v) is 10.3. The van der Waals surface area contributed by atoms with Gasteiger partial charge >= 0.3 is 0 Å². The molecule has 1 fully saturated rings. The van der Waals surface area contributed by atoms with Crippen molar-refractivity contribution in [2.45, 2.75) is 43.9 Å². The number of hydrogen-bond donors (Lipinski definition) is 2. The van der Waals surface area contributed by atoms with Crippen molar-refractivity contribution in [2.75, 3.05) is 13.1 Å². The number of rotatable bonds is 8. The van der Waals surface area contributed by atoms with E-state index in [0.717, 1.165) is 43.2 Å². The van der Waals surface area contributed by atoms with Crippen LogP contribution in [-0.2, 0) is 21.2 Å². The van der Waals surface area contributed by atoms with Crippen molar-refractivity contribution in [3.63, 3.8) is 0 Å². The number of aryl methyl sites for hydroxylation is 1. The van der Waals surface area contributed by atoms with E-state index in [0.29, 0.717) is 23.0 Å². The molecule has 162 valence electrons. The fourth-order valence-electron chi connectivity index (χ4n) is 3.78. The number of sulfonamides is 1. The lowest BCUT2D eigenvalue weighted by molar-refractivity contribution is -0.126. The molecule has 1 aliphatic rings. The molecule has 0 bridgehead atoms. The lowest BCUT2D eigenvalue weighted by Crippen LogP contribution is -2.36. The van der Waals surface area contributed by atoms with E-state index in [9.17, 15) is 13.2 Å². The molecular weight excluding hydrogens is 420 g/mol. The number of hydrogen-bond acceptors (Lipinski definition) is 3. The third kappa shape index (κ3) is 6.56. The number of amides is 1. The zero-order valence-corrected chi connectivity index (χ0v) is 18.8. The van der Waals surface area contributed by atoms with E-state index in [2.05, 4.69) is 10.0 Å². The lowest BCUT2D eigenvalue weighted by Gasteiger charge is -2.28. The predicted octanol–water partition coefficient (Wildman–Crippen LogP) is 4.09. The molecule has 0 unspecified atom stereocenters. The molecule has 0 radical (unpaired) electrons. The van der Waals surface area contributed by atoms with Crippen LogP contribution in [0.4, 0.5) is 0 Å². The molecule has 7 heteroatoms. The summed E-state index contributed by atoms with van der Waals surface area (Å²) in [5.41, 5.74) is 2.17. The third-order valence-electron chi connectivity index (χ3n) is 5.74. The quantitative estimate of drug-likeness (QED) is 0.638. The van der Waals surface area contributed by atoms with Gasteiger partial charge in [-0.2, -0.15) is 0 Å². The Bertz CT molecular complexity index is 935. The van der Waals surface area contributed by atoms with Crippen molar-refractivity contribution in [3.05, 3.63) is 64.7 Å². The first-order valence-electron chi connectivity index (χ1n) is 10.4. The van der Waals surface area contributed by atoms with Crippen molar-refractivity contribution >= 4 is 27.5 Å². The van der Waals surface area contributed by atoms with Crippen LogP contribution >= 0.6 is 11.6 Å². The second-order valence-electron chi connectivity index (χ2n) is 8.05. The van der Waals surface area contributed by atoms with Crippen molar-refractivity contribution < 1.29 is 13.2 Å². The van der Waals surface area contributed by atoms with E-state index in [4.69, 9.17) is 11.6 Å². The van der Waals surface area contributed by atoms with E-state index < -0.39 is 10.0 Å². The first-order chi connectivity index (χ1) is 14.3. The van der Waals surface area contributed by atoms with E-state index in [-0.39, 0.29) is 17.7 Å². The van der Waals surface area contributed by atoms with Crippen molar-refractivity contribution in [1.82, 2.24) is 10.0 Å². The van der Waals surface area contributed by atoms with Crippen LogP contribution in [0.3, 0.4) is 0 Å². The zero-order chi connectivity index (χ0) is 21.6. The van der Waals surface area contributed by atoms with Gasteiger partial charge in [0.15, 0.2) is 0 Å². The highest BCUT2D eigenvalue weighted by Crippen LogP contribution is 2.29.